The molecule has 0 amide bonds. The van der Waals surface area contributed by atoms with E-state index in [0.29, 0.717) is 5.92 Å². The predicted octanol–water partition coefficient (Wildman–Crippen LogP) is 4.20. The second-order valence-electron chi connectivity index (χ2n) is 7.17. The number of anilines is 1. The van der Waals surface area contributed by atoms with Gasteiger partial charge in [-0.05, 0) is 30.2 Å². The predicted molar refractivity (Wildman–Crippen MR) is 90.1 cm³/mol. The van der Waals surface area contributed by atoms with Gasteiger partial charge < -0.3 is 5.73 Å². The van der Waals surface area contributed by atoms with Crippen molar-refractivity contribution in [3.8, 4) is 11.1 Å². The van der Waals surface area contributed by atoms with Crippen LogP contribution in [-0.4, -0.2) is 9.78 Å². The van der Waals surface area contributed by atoms with E-state index >= 15 is 0 Å². The largest absolute Gasteiger partial charge is 0.383 e. The van der Waals surface area contributed by atoms with Crippen molar-refractivity contribution in [2.75, 3.05) is 5.73 Å². The molecule has 0 aliphatic heterocycles. The Kier molecular flexibility index (Phi) is 4.13. The van der Waals surface area contributed by atoms with Gasteiger partial charge in [0.25, 0.3) is 0 Å². The molecule has 3 heteroatoms. The summed E-state index contributed by atoms with van der Waals surface area (Å²) in [6.07, 6.45) is 0.942. The van der Waals surface area contributed by atoms with Gasteiger partial charge in [0.1, 0.15) is 5.82 Å². The standard InChI is InChI=1S/C18H27N3/c1-12-8-7-9-14(10-12)16-15(20-21(6)17(16)19)11-13(2)18(3,4)5/h7-10,13H,11,19H2,1-6H3. The van der Waals surface area contributed by atoms with Gasteiger partial charge >= 0.3 is 0 Å². The van der Waals surface area contributed by atoms with Gasteiger partial charge in [-0.2, -0.15) is 5.10 Å². The molecule has 1 heterocycles. The Bertz CT molecular complexity index is 632. The molecule has 2 aromatic rings. The minimum absolute atomic E-state index is 0.260. The molecular weight excluding hydrogens is 258 g/mol. The van der Waals surface area contributed by atoms with E-state index in [9.17, 15) is 0 Å². The fraction of sp³-hybridized carbons (Fsp3) is 0.500. The number of rotatable bonds is 3. The van der Waals surface area contributed by atoms with Gasteiger partial charge in [0.05, 0.1) is 5.69 Å². The van der Waals surface area contributed by atoms with Crippen LogP contribution in [-0.2, 0) is 13.5 Å². The molecule has 0 saturated carbocycles. The van der Waals surface area contributed by atoms with Crippen LogP contribution in [0.4, 0.5) is 5.82 Å². The number of benzene rings is 1. The van der Waals surface area contributed by atoms with Crippen molar-refractivity contribution in [1.82, 2.24) is 9.78 Å². The van der Waals surface area contributed by atoms with Gasteiger partial charge in [-0.25, -0.2) is 0 Å². The number of hydrogen-bond donors (Lipinski definition) is 1. The Labute approximate surface area is 128 Å². The van der Waals surface area contributed by atoms with E-state index in [1.807, 2.05) is 7.05 Å². The molecule has 0 aliphatic rings. The molecule has 0 aliphatic carbocycles. The number of nitrogens with two attached hydrogens (primary N) is 1. The molecule has 1 atom stereocenters. The molecule has 1 aromatic heterocycles. The Morgan fingerprint density at radius 1 is 1.29 bits per heavy atom. The van der Waals surface area contributed by atoms with E-state index in [-0.39, 0.29) is 5.41 Å². The van der Waals surface area contributed by atoms with Gasteiger partial charge in [-0.3, -0.25) is 4.68 Å². The molecular formula is C18H27N3. The molecule has 2 rings (SSSR count). The molecule has 114 valence electrons. The highest BCUT2D eigenvalue weighted by Gasteiger charge is 2.24. The number of hydrogen-bond acceptors (Lipinski definition) is 2. The van der Waals surface area contributed by atoms with Gasteiger partial charge in [-0.15, -0.1) is 0 Å². The van der Waals surface area contributed by atoms with Crippen molar-refractivity contribution >= 4 is 5.82 Å². The topological polar surface area (TPSA) is 43.8 Å². The normalized spacial score (nSPS) is 13.4. The van der Waals surface area contributed by atoms with E-state index in [0.717, 1.165) is 29.1 Å². The van der Waals surface area contributed by atoms with Crippen LogP contribution < -0.4 is 5.73 Å². The number of aromatic nitrogens is 2. The van der Waals surface area contributed by atoms with Gasteiger partial charge in [0.15, 0.2) is 0 Å². The summed E-state index contributed by atoms with van der Waals surface area (Å²) in [5.41, 5.74) is 11.1. The first-order valence-electron chi connectivity index (χ1n) is 7.58. The Morgan fingerprint density at radius 2 is 1.95 bits per heavy atom. The zero-order valence-corrected chi connectivity index (χ0v) is 14.1. The fourth-order valence-electron chi connectivity index (χ4n) is 2.45. The molecule has 0 spiro atoms. The van der Waals surface area contributed by atoms with Crippen molar-refractivity contribution in [3.63, 3.8) is 0 Å². The number of nitrogens with zero attached hydrogens (tertiary/aromatic N) is 2. The quantitative estimate of drug-likeness (QED) is 0.918. The van der Waals surface area contributed by atoms with Gasteiger partial charge in [-0.1, -0.05) is 57.5 Å². The van der Waals surface area contributed by atoms with Crippen LogP contribution in [0.25, 0.3) is 11.1 Å². The Balaban J connectivity index is 2.46. The van der Waals surface area contributed by atoms with E-state index in [1.54, 1.807) is 4.68 Å². The fourth-order valence-corrected chi connectivity index (χ4v) is 2.45. The molecule has 21 heavy (non-hydrogen) atoms. The Hall–Kier alpha value is -1.77. The highest BCUT2D eigenvalue weighted by Crippen LogP contribution is 2.35. The molecule has 1 unspecified atom stereocenters. The maximum atomic E-state index is 6.27. The summed E-state index contributed by atoms with van der Waals surface area (Å²) in [5.74, 6) is 1.28. The highest BCUT2D eigenvalue weighted by atomic mass is 15.3. The van der Waals surface area contributed by atoms with Crippen LogP contribution in [0.3, 0.4) is 0 Å². The lowest BCUT2D eigenvalue weighted by molar-refractivity contribution is 0.258. The lowest BCUT2D eigenvalue weighted by Gasteiger charge is -2.26. The molecule has 1 aromatic carbocycles. The summed E-state index contributed by atoms with van der Waals surface area (Å²) in [6.45, 7) is 11.2. The number of nitrogen functional groups attached to an aromatic ring is 1. The van der Waals surface area contributed by atoms with E-state index < -0.39 is 0 Å². The van der Waals surface area contributed by atoms with Gasteiger partial charge in [0.2, 0.25) is 0 Å². The third kappa shape index (κ3) is 3.29. The lowest BCUT2D eigenvalue weighted by Crippen LogP contribution is -2.20. The van der Waals surface area contributed by atoms with Crippen molar-refractivity contribution in [3.05, 3.63) is 35.5 Å². The summed E-state index contributed by atoms with van der Waals surface area (Å²) < 4.78 is 1.79. The van der Waals surface area contributed by atoms with E-state index in [1.165, 1.54) is 5.56 Å². The average Bonchev–Trinajstić information content (AvgIpc) is 2.63. The third-order valence-electron chi connectivity index (χ3n) is 4.45. The first-order chi connectivity index (χ1) is 9.70. The minimum Gasteiger partial charge on any atom is -0.383 e. The average molecular weight is 285 g/mol. The van der Waals surface area contributed by atoms with Crippen LogP contribution in [0.15, 0.2) is 24.3 Å². The zero-order chi connectivity index (χ0) is 15.8. The maximum Gasteiger partial charge on any atom is 0.129 e. The molecule has 0 bridgehead atoms. The van der Waals surface area contributed by atoms with Crippen molar-refractivity contribution in [2.45, 2.75) is 41.0 Å². The smallest absolute Gasteiger partial charge is 0.129 e. The monoisotopic (exact) mass is 285 g/mol. The second kappa shape index (κ2) is 5.55. The summed E-state index contributed by atoms with van der Waals surface area (Å²) in [4.78, 5) is 0. The lowest BCUT2D eigenvalue weighted by atomic mass is 9.79. The second-order valence-corrected chi connectivity index (χ2v) is 7.17. The maximum absolute atomic E-state index is 6.27. The molecule has 2 N–H and O–H groups in total. The first kappa shape index (κ1) is 15.6. The summed E-state index contributed by atoms with van der Waals surface area (Å²) in [6, 6.07) is 8.48. The summed E-state index contributed by atoms with van der Waals surface area (Å²) in [5, 5.41) is 4.66. The number of aryl methyl sites for hydroxylation is 2. The third-order valence-corrected chi connectivity index (χ3v) is 4.45. The van der Waals surface area contributed by atoms with Crippen molar-refractivity contribution in [2.24, 2.45) is 18.4 Å². The summed E-state index contributed by atoms with van der Waals surface area (Å²) in [7, 11) is 1.92. The van der Waals surface area contributed by atoms with Crippen molar-refractivity contribution in [1.29, 1.82) is 0 Å². The minimum atomic E-state index is 0.260. The Morgan fingerprint density at radius 3 is 2.52 bits per heavy atom. The zero-order valence-electron chi connectivity index (χ0n) is 14.1. The van der Waals surface area contributed by atoms with Crippen molar-refractivity contribution < 1.29 is 0 Å². The van der Waals surface area contributed by atoms with Crippen LogP contribution in [0, 0.1) is 18.3 Å². The SMILES string of the molecule is Cc1cccc(-c2c(CC(C)C(C)(C)C)nn(C)c2N)c1. The molecule has 3 nitrogen and oxygen atoms in total. The van der Waals surface area contributed by atoms with Crippen LogP contribution >= 0.6 is 0 Å². The highest BCUT2D eigenvalue weighted by molar-refractivity contribution is 5.77. The van der Waals surface area contributed by atoms with Gasteiger partial charge in [0, 0.05) is 12.6 Å². The van der Waals surface area contributed by atoms with Crippen LogP contribution in [0.5, 0.6) is 0 Å². The molecule has 0 saturated heterocycles. The summed E-state index contributed by atoms with van der Waals surface area (Å²) >= 11 is 0. The van der Waals surface area contributed by atoms with Crippen LogP contribution in [0.2, 0.25) is 0 Å². The van der Waals surface area contributed by atoms with Crippen LogP contribution in [0.1, 0.15) is 39.0 Å². The molecule has 0 radical (unpaired) electrons. The van der Waals surface area contributed by atoms with E-state index in [2.05, 4.69) is 64.0 Å². The van der Waals surface area contributed by atoms with E-state index in [4.69, 9.17) is 5.73 Å². The first-order valence-corrected chi connectivity index (χ1v) is 7.58. The molecule has 0 fully saturated rings.